The number of hydrogen-bond donors (Lipinski definition) is 1. The van der Waals surface area contributed by atoms with Crippen molar-refractivity contribution in [2.24, 2.45) is 0 Å². The van der Waals surface area contributed by atoms with Crippen molar-refractivity contribution in [3.8, 4) is 0 Å². The summed E-state index contributed by atoms with van der Waals surface area (Å²) in [5, 5.41) is 8.91. The summed E-state index contributed by atoms with van der Waals surface area (Å²) in [5.41, 5.74) is 0. The predicted molar refractivity (Wildman–Crippen MR) is 83.9 cm³/mol. The summed E-state index contributed by atoms with van der Waals surface area (Å²) in [6, 6.07) is 0. The second-order valence-corrected chi connectivity index (χ2v) is 4.94. The lowest BCUT2D eigenvalue weighted by atomic mass is 10.4. The van der Waals surface area contributed by atoms with E-state index < -0.39 is 18.0 Å². The lowest BCUT2D eigenvalue weighted by Gasteiger charge is -2.12. The van der Waals surface area contributed by atoms with Gasteiger partial charge in [0.2, 0.25) is 0 Å². The number of hydroxylamine groups is 2. The van der Waals surface area contributed by atoms with Gasteiger partial charge in [0.15, 0.2) is 0 Å². The van der Waals surface area contributed by atoms with Crippen molar-refractivity contribution >= 4 is 18.0 Å². The Morgan fingerprint density at radius 1 is 0.769 bits per heavy atom. The zero-order valence-corrected chi connectivity index (χ0v) is 14.6. The van der Waals surface area contributed by atoms with Gasteiger partial charge in [-0.3, -0.25) is 14.4 Å². The number of aliphatic hydroxyl groups is 1. The van der Waals surface area contributed by atoms with Crippen LogP contribution in [0.15, 0.2) is 0 Å². The monoisotopic (exact) mass is 379 g/mol. The largest absolute Gasteiger partial charge is 0.534 e. The van der Waals surface area contributed by atoms with E-state index in [9.17, 15) is 14.4 Å². The molecule has 0 aromatic rings. The molecule has 0 unspecified atom stereocenters. The fraction of sp³-hybridized carbons (Fsp3) is 0.800. The summed E-state index contributed by atoms with van der Waals surface area (Å²) >= 11 is 0. The first-order valence-corrected chi connectivity index (χ1v) is 8.27. The number of imide groups is 1. The standard InChI is InChI=1S/C15H25NO10/c17-3-4-21-5-6-22-7-8-23-9-10-24-11-12-25-15(20)26-16-13(18)1-2-14(16)19/h17H,1-12H2. The number of ether oxygens (including phenoxy) is 5. The van der Waals surface area contributed by atoms with Gasteiger partial charge in [0.1, 0.15) is 6.61 Å². The Morgan fingerprint density at radius 2 is 1.19 bits per heavy atom. The van der Waals surface area contributed by atoms with Crippen molar-refractivity contribution in [3.63, 3.8) is 0 Å². The van der Waals surface area contributed by atoms with Crippen LogP contribution in [0.2, 0.25) is 0 Å². The van der Waals surface area contributed by atoms with Crippen LogP contribution in [0.4, 0.5) is 4.79 Å². The van der Waals surface area contributed by atoms with Gasteiger partial charge in [-0.2, -0.15) is 0 Å². The van der Waals surface area contributed by atoms with Crippen LogP contribution in [0, 0.1) is 0 Å². The number of carbonyl (C=O) groups is 3. The number of amides is 2. The first kappa shape index (κ1) is 22.3. The summed E-state index contributed by atoms with van der Waals surface area (Å²) in [6.07, 6.45) is -1.08. The normalized spacial score (nSPS) is 14.1. The van der Waals surface area contributed by atoms with Crippen molar-refractivity contribution in [3.05, 3.63) is 0 Å². The van der Waals surface area contributed by atoms with Crippen LogP contribution in [0.3, 0.4) is 0 Å². The molecule has 0 radical (unpaired) electrons. The molecule has 0 aliphatic carbocycles. The second-order valence-electron chi connectivity index (χ2n) is 4.94. The molecule has 0 atom stereocenters. The van der Waals surface area contributed by atoms with Gasteiger partial charge in [-0.05, 0) is 0 Å². The molecule has 0 aromatic carbocycles. The fourth-order valence-corrected chi connectivity index (χ4v) is 1.77. The minimum Gasteiger partial charge on any atom is -0.430 e. The summed E-state index contributed by atoms with van der Waals surface area (Å²) in [4.78, 5) is 38.3. The minimum absolute atomic E-state index is 0.00682. The first-order chi connectivity index (χ1) is 12.6. The highest BCUT2D eigenvalue weighted by Gasteiger charge is 2.33. The van der Waals surface area contributed by atoms with E-state index in [4.69, 9.17) is 24.1 Å². The maximum Gasteiger partial charge on any atom is 0.534 e. The zero-order chi connectivity index (χ0) is 19.0. The Bertz CT molecular complexity index is 415. The second kappa shape index (κ2) is 14.4. The maximum atomic E-state index is 11.3. The van der Waals surface area contributed by atoms with Crippen LogP contribution < -0.4 is 0 Å². The van der Waals surface area contributed by atoms with E-state index in [0.717, 1.165) is 0 Å². The third-order valence-corrected chi connectivity index (χ3v) is 2.97. The molecule has 1 N–H and O–H groups in total. The van der Waals surface area contributed by atoms with Crippen molar-refractivity contribution < 1.29 is 48.0 Å². The third kappa shape index (κ3) is 10.3. The summed E-state index contributed by atoms with van der Waals surface area (Å²) < 4.78 is 25.4. The smallest absolute Gasteiger partial charge is 0.430 e. The number of carbonyl (C=O) groups excluding carboxylic acids is 3. The van der Waals surface area contributed by atoms with E-state index in [2.05, 4.69) is 9.57 Å². The molecule has 2 amide bonds. The van der Waals surface area contributed by atoms with Gasteiger partial charge < -0.3 is 28.8 Å². The van der Waals surface area contributed by atoms with Crippen molar-refractivity contribution in [1.29, 1.82) is 0 Å². The van der Waals surface area contributed by atoms with Crippen LogP contribution in [-0.2, 0) is 38.1 Å². The maximum absolute atomic E-state index is 11.3. The quantitative estimate of drug-likeness (QED) is 0.221. The molecule has 26 heavy (non-hydrogen) atoms. The zero-order valence-electron chi connectivity index (χ0n) is 14.6. The Labute approximate surface area is 151 Å². The van der Waals surface area contributed by atoms with Gasteiger partial charge in [0, 0.05) is 12.8 Å². The van der Waals surface area contributed by atoms with Gasteiger partial charge in [-0.15, -0.1) is 0 Å². The molecule has 11 heteroatoms. The predicted octanol–water partition coefficient (Wildman–Crippen LogP) is -0.738. The van der Waals surface area contributed by atoms with E-state index in [-0.39, 0.29) is 32.7 Å². The Kier molecular flexibility index (Phi) is 12.3. The third-order valence-electron chi connectivity index (χ3n) is 2.97. The molecule has 0 aromatic heterocycles. The lowest BCUT2D eigenvalue weighted by molar-refractivity contribution is -0.177. The lowest BCUT2D eigenvalue weighted by Crippen LogP contribution is -2.32. The molecule has 0 bridgehead atoms. The van der Waals surface area contributed by atoms with E-state index in [1.807, 2.05) is 0 Å². The van der Waals surface area contributed by atoms with Gasteiger partial charge in [-0.25, -0.2) is 4.79 Å². The highest BCUT2D eigenvalue weighted by atomic mass is 16.8. The first-order valence-electron chi connectivity index (χ1n) is 8.27. The highest BCUT2D eigenvalue weighted by molar-refractivity contribution is 6.01. The van der Waals surface area contributed by atoms with Crippen LogP contribution in [-0.4, -0.2) is 94.2 Å². The SMILES string of the molecule is O=C(OCCOCCOCCOCCOCCO)ON1C(=O)CCC1=O. The molecule has 1 saturated heterocycles. The molecule has 0 spiro atoms. The number of rotatable bonds is 15. The number of nitrogens with zero attached hydrogens (tertiary/aromatic N) is 1. The van der Waals surface area contributed by atoms with E-state index >= 15 is 0 Å². The molecule has 0 saturated carbocycles. The molecule has 1 aliphatic heterocycles. The molecule has 150 valence electrons. The Balaban J connectivity index is 1.82. The van der Waals surface area contributed by atoms with E-state index in [1.165, 1.54) is 0 Å². The summed E-state index contributed by atoms with van der Waals surface area (Å²) in [7, 11) is 0. The molecule has 1 rings (SSSR count). The Hall–Kier alpha value is -1.79. The molecule has 1 heterocycles. The van der Waals surface area contributed by atoms with Crippen molar-refractivity contribution in [2.45, 2.75) is 12.8 Å². The molecule has 1 aliphatic rings. The molecule has 1 fully saturated rings. The molecular formula is C15H25NO10. The van der Waals surface area contributed by atoms with Crippen LogP contribution >= 0.6 is 0 Å². The molecule has 11 nitrogen and oxygen atoms in total. The Morgan fingerprint density at radius 3 is 1.65 bits per heavy atom. The van der Waals surface area contributed by atoms with Crippen molar-refractivity contribution in [2.75, 3.05) is 66.1 Å². The van der Waals surface area contributed by atoms with Crippen LogP contribution in [0.1, 0.15) is 12.8 Å². The van der Waals surface area contributed by atoms with E-state index in [0.29, 0.717) is 51.3 Å². The highest BCUT2D eigenvalue weighted by Crippen LogP contribution is 2.12. The van der Waals surface area contributed by atoms with Gasteiger partial charge in [-0.1, -0.05) is 5.06 Å². The number of aliphatic hydroxyl groups excluding tert-OH is 1. The van der Waals surface area contributed by atoms with Crippen LogP contribution in [0.5, 0.6) is 0 Å². The average molecular weight is 379 g/mol. The van der Waals surface area contributed by atoms with E-state index in [1.54, 1.807) is 0 Å². The molecular weight excluding hydrogens is 354 g/mol. The average Bonchev–Trinajstić information content (AvgIpc) is 2.94. The topological polar surface area (TPSA) is 130 Å². The van der Waals surface area contributed by atoms with Crippen molar-refractivity contribution in [1.82, 2.24) is 5.06 Å². The number of hydrogen-bond acceptors (Lipinski definition) is 10. The fourth-order valence-electron chi connectivity index (χ4n) is 1.77. The van der Waals surface area contributed by atoms with Gasteiger partial charge >= 0.3 is 6.16 Å². The summed E-state index contributed by atoms with van der Waals surface area (Å²) in [6.45, 7) is 2.68. The minimum atomic E-state index is -1.13. The van der Waals surface area contributed by atoms with Crippen LogP contribution in [0.25, 0.3) is 0 Å². The van der Waals surface area contributed by atoms with Gasteiger partial charge in [0.25, 0.3) is 11.8 Å². The summed E-state index contributed by atoms with van der Waals surface area (Å²) in [5.74, 6) is -1.14. The van der Waals surface area contributed by atoms with Gasteiger partial charge in [0.05, 0.1) is 59.5 Å².